The van der Waals surface area contributed by atoms with Crippen molar-refractivity contribution in [3.63, 3.8) is 0 Å². The Bertz CT molecular complexity index is 382. The average Bonchev–Trinajstić information content (AvgIpc) is 2.25. The van der Waals surface area contributed by atoms with Crippen LogP contribution < -0.4 is 4.74 Å². The molecular formula is C13H16ClNO. The second kappa shape index (κ2) is 6.40. The van der Waals surface area contributed by atoms with Crippen LogP contribution in [0.2, 0.25) is 5.02 Å². The molecule has 1 aromatic carbocycles. The van der Waals surface area contributed by atoms with Crippen LogP contribution in [0.15, 0.2) is 18.2 Å². The lowest BCUT2D eigenvalue weighted by atomic mass is 10.1. The Morgan fingerprint density at radius 3 is 2.81 bits per heavy atom. The predicted molar refractivity (Wildman–Crippen MR) is 65.7 cm³/mol. The van der Waals surface area contributed by atoms with Crippen molar-refractivity contribution in [2.75, 3.05) is 6.61 Å². The zero-order valence-electron chi connectivity index (χ0n) is 9.66. The highest BCUT2D eigenvalue weighted by atomic mass is 35.5. The van der Waals surface area contributed by atoms with Gasteiger partial charge in [0.05, 0.1) is 12.2 Å². The minimum absolute atomic E-state index is 0.497. The van der Waals surface area contributed by atoms with Gasteiger partial charge in [-0.15, -0.1) is 0 Å². The number of nitrogens with zero attached hydrogens (tertiary/aromatic N) is 1. The van der Waals surface area contributed by atoms with Gasteiger partial charge in [0.2, 0.25) is 0 Å². The van der Waals surface area contributed by atoms with Crippen LogP contribution in [-0.2, 0) is 0 Å². The van der Waals surface area contributed by atoms with E-state index < -0.39 is 0 Å². The first-order valence-electron chi connectivity index (χ1n) is 5.46. The molecule has 0 saturated carbocycles. The number of nitriles is 1. The van der Waals surface area contributed by atoms with E-state index in [0.717, 1.165) is 12.8 Å². The highest BCUT2D eigenvalue weighted by molar-refractivity contribution is 6.30. The van der Waals surface area contributed by atoms with E-state index in [-0.39, 0.29) is 0 Å². The molecular weight excluding hydrogens is 222 g/mol. The van der Waals surface area contributed by atoms with Gasteiger partial charge in [-0.2, -0.15) is 5.26 Å². The van der Waals surface area contributed by atoms with Crippen molar-refractivity contribution in [3.05, 3.63) is 28.8 Å². The molecule has 0 radical (unpaired) electrons. The first kappa shape index (κ1) is 12.9. The summed E-state index contributed by atoms with van der Waals surface area (Å²) in [5, 5.41) is 9.46. The molecule has 3 heteroatoms. The van der Waals surface area contributed by atoms with Gasteiger partial charge in [0.25, 0.3) is 0 Å². The minimum Gasteiger partial charge on any atom is -0.492 e. The fraction of sp³-hybridized carbons (Fsp3) is 0.462. The topological polar surface area (TPSA) is 33.0 Å². The zero-order chi connectivity index (χ0) is 12.0. The molecule has 1 rings (SSSR count). The molecule has 0 spiro atoms. The molecule has 0 aliphatic carbocycles. The minimum atomic E-state index is 0.497. The molecule has 0 aromatic heterocycles. The second-order valence-electron chi connectivity index (χ2n) is 4.14. The van der Waals surface area contributed by atoms with Gasteiger partial charge in [-0.1, -0.05) is 25.4 Å². The van der Waals surface area contributed by atoms with Crippen LogP contribution in [0.25, 0.3) is 0 Å². The van der Waals surface area contributed by atoms with Crippen molar-refractivity contribution < 1.29 is 4.74 Å². The lowest BCUT2D eigenvalue weighted by Crippen LogP contribution is -2.00. The van der Waals surface area contributed by atoms with Gasteiger partial charge in [0.1, 0.15) is 11.8 Å². The van der Waals surface area contributed by atoms with E-state index in [1.165, 1.54) is 0 Å². The standard InChI is InChI=1S/C13H16ClNO/c1-10(2)4-3-7-16-13-6-5-12(14)8-11(13)9-15/h5-6,8,10H,3-4,7H2,1-2H3. The smallest absolute Gasteiger partial charge is 0.137 e. The summed E-state index contributed by atoms with van der Waals surface area (Å²) in [6, 6.07) is 7.18. The van der Waals surface area contributed by atoms with Gasteiger partial charge in [-0.25, -0.2) is 0 Å². The van der Waals surface area contributed by atoms with Gasteiger partial charge in [0.15, 0.2) is 0 Å². The fourth-order valence-corrected chi connectivity index (χ4v) is 1.56. The Morgan fingerprint density at radius 1 is 1.44 bits per heavy atom. The third-order valence-electron chi connectivity index (χ3n) is 2.25. The highest BCUT2D eigenvalue weighted by Gasteiger charge is 2.04. The Balaban J connectivity index is 2.51. The van der Waals surface area contributed by atoms with Crippen LogP contribution in [0.3, 0.4) is 0 Å². The largest absolute Gasteiger partial charge is 0.492 e. The number of rotatable bonds is 5. The first-order valence-corrected chi connectivity index (χ1v) is 5.83. The van der Waals surface area contributed by atoms with Crippen LogP contribution in [0.1, 0.15) is 32.3 Å². The molecule has 0 N–H and O–H groups in total. The third kappa shape index (κ3) is 4.12. The van der Waals surface area contributed by atoms with Gasteiger partial charge in [-0.3, -0.25) is 0 Å². The van der Waals surface area contributed by atoms with Crippen molar-refractivity contribution in [1.82, 2.24) is 0 Å². The number of hydrogen-bond acceptors (Lipinski definition) is 2. The van der Waals surface area contributed by atoms with Crippen molar-refractivity contribution >= 4 is 11.6 Å². The number of hydrogen-bond donors (Lipinski definition) is 0. The summed E-state index contributed by atoms with van der Waals surface area (Å²) in [5.41, 5.74) is 0.497. The third-order valence-corrected chi connectivity index (χ3v) is 2.48. The highest BCUT2D eigenvalue weighted by Crippen LogP contribution is 2.22. The predicted octanol–water partition coefficient (Wildman–Crippen LogP) is 4.03. The van der Waals surface area contributed by atoms with Gasteiger partial charge in [-0.05, 0) is 37.0 Å². The summed E-state index contributed by atoms with van der Waals surface area (Å²) in [5.74, 6) is 1.31. The molecule has 0 heterocycles. The molecule has 1 aromatic rings. The lowest BCUT2D eigenvalue weighted by Gasteiger charge is -2.09. The Hall–Kier alpha value is -1.20. The second-order valence-corrected chi connectivity index (χ2v) is 4.57. The van der Waals surface area contributed by atoms with Crippen molar-refractivity contribution in [2.45, 2.75) is 26.7 Å². The molecule has 0 fully saturated rings. The quantitative estimate of drug-likeness (QED) is 0.725. The monoisotopic (exact) mass is 237 g/mol. The molecule has 0 aliphatic rings. The van der Waals surface area contributed by atoms with Crippen LogP contribution in [0.5, 0.6) is 5.75 Å². The molecule has 0 saturated heterocycles. The van der Waals surface area contributed by atoms with Crippen LogP contribution in [-0.4, -0.2) is 6.61 Å². The van der Waals surface area contributed by atoms with E-state index >= 15 is 0 Å². The van der Waals surface area contributed by atoms with E-state index in [1.54, 1.807) is 18.2 Å². The maximum absolute atomic E-state index is 8.90. The summed E-state index contributed by atoms with van der Waals surface area (Å²) in [4.78, 5) is 0. The maximum Gasteiger partial charge on any atom is 0.137 e. The summed E-state index contributed by atoms with van der Waals surface area (Å²) in [6.07, 6.45) is 2.14. The normalized spacial score (nSPS) is 10.2. The number of halogens is 1. The average molecular weight is 238 g/mol. The Labute approximate surface area is 102 Å². The van der Waals surface area contributed by atoms with Gasteiger partial charge in [0, 0.05) is 5.02 Å². The molecule has 0 aliphatic heterocycles. The van der Waals surface area contributed by atoms with E-state index in [0.29, 0.717) is 28.9 Å². The molecule has 0 atom stereocenters. The lowest BCUT2D eigenvalue weighted by molar-refractivity contribution is 0.297. The molecule has 0 bridgehead atoms. The first-order chi connectivity index (χ1) is 7.63. The summed E-state index contributed by atoms with van der Waals surface area (Å²) in [6.45, 7) is 5.01. The van der Waals surface area contributed by atoms with Crippen molar-refractivity contribution in [1.29, 1.82) is 5.26 Å². The maximum atomic E-state index is 8.90. The van der Waals surface area contributed by atoms with Crippen molar-refractivity contribution in [2.24, 2.45) is 5.92 Å². The van der Waals surface area contributed by atoms with Crippen molar-refractivity contribution in [3.8, 4) is 11.8 Å². The van der Waals surface area contributed by atoms with E-state index in [2.05, 4.69) is 19.9 Å². The molecule has 2 nitrogen and oxygen atoms in total. The number of ether oxygens (including phenoxy) is 1. The fourth-order valence-electron chi connectivity index (χ4n) is 1.39. The summed E-state index contributed by atoms with van der Waals surface area (Å²) < 4.78 is 5.55. The van der Waals surface area contributed by atoms with E-state index in [9.17, 15) is 0 Å². The Kier molecular flexibility index (Phi) is 5.14. The number of benzene rings is 1. The van der Waals surface area contributed by atoms with Gasteiger partial charge >= 0.3 is 0 Å². The van der Waals surface area contributed by atoms with Gasteiger partial charge < -0.3 is 4.74 Å². The summed E-state index contributed by atoms with van der Waals surface area (Å²) in [7, 11) is 0. The molecule has 86 valence electrons. The molecule has 16 heavy (non-hydrogen) atoms. The van der Waals surface area contributed by atoms with Crippen LogP contribution in [0.4, 0.5) is 0 Å². The molecule has 0 unspecified atom stereocenters. The zero-order valence-corrected chi connectivity index (χ0v) is 10.4. The van der Waals surface area contributed by atoms with E-state index in [4.69, 9.17) is 21.6 Å². The van der Waals surface area contributed by atoms with Crippen LogP contribution >= 0.6 is 11.6 Å². The Morgan fingerprint density at radius 2 is 2.19 bits per heavy atom. The van der Waals surface area contributed by atoms with Crippen LogP contribution in [0, 0.1) is 17.2 Å². The SMILES string of the molecule is CC(C)CCCOc1ccc(Cl)cc1C#N. The molecule has 0 amide bonds. The van der Waals surface area contributed by atoms with E-state index in [1.807, 2.05) is 0 Å². The summed E-state index contributed by atoms with van der Waals surface area (Å²) >= 11 is 5.79.